The quantitative estimate of drug-likeness (QED) is 0.823. The number of carbonyl (C=O) groups is 1. The van der Waals surface area contributed by atoms with E-state index >= 15 is 0 Å². The van der Waals surface area contributed by atoms with Crippen LogP contribution in [0.4, 0.5) is 10.5 Å². The number of rotatable bonds is 7. The van der Waals surface area contributed by atoms with E-state index in [9.17, 15) is 4.79 Å². The summed E-state index contributed by atoms with van der Waals surface area (Å²) in [4.78, 5) is 13.8. The Labute approximate surface area is 148 Å². The number of hydrogen-bond acceptors (Lipinski definition) is 3. The summed E-state index contributed by atoms with van der Waals surface area (Å²) in [6, 6.07) is 17.1. The van der Waals surface area contributed by atoms with Crippen molar-refractivity contribution < 1.29 is 9.53 Å². The Morgan fingerprint density at radius 2 is 1.92 bits per heavy atom. The molecule has 0 aromatic heterocycles. The number of anilines is 1. The number of urea groups is 1. The molecule has 2 aromatic carbocycles. The Morgan fingerprint density at radius 1 is 1.20 bits per heavy atom. The second-order valence-electron chi connectivity index (χ2n) is 5.78. The van der Waals surface area contributed by atoms with Gasteiger partial charge in [-0.05, 0) is 30.2 Å². The van der Waals surface area contributed by atoms with Crippen LogP contribution < -0.4 is 10.1 Å². The van der Waals surface area contributed by atoms with Crippen LogP contribution in [0.1, 0.15) is 24.5 Å². The zero-order valence-corrected chi connectivity index (χ0v) is 14.7. The number of amides is 2. The molecule has 5 heteroatoms. The van der Waals surface area contributed by atoms with E-state index < -0.39 is 0 Å². The SMILES string of the molecule is CCCN(C)C(=O)Nc1ccccc1COc1ccc(CC#N)cc1. The Balaban J connectivity index is 2.00. The minimum absolute atomic E-state index is 0.129. The first-order chi connectivity index (χ1) is 12.1. The van der Waals surface area contributed by atoms with E-state index in [0.29, 0.717) is 19.6 Å². The van der Waals surface area contributed by atoms with Crippen molar-refractivity contribution in [2.75, 3.05) is 18.9 Å². The number of nitriles is 1. The molecule has 0 unspecified atom stereocenters. The van der Waals surface area contributed by atoms with Gasteiger partial charge < -0.3 is 15.0 Å². The average Bonchev–Trinajstić information content (AvgIpc) is 2.62. The summed E-state index contributed by atoms with van der Waals surface area (Å²) in [6.07, 6.45) is 1.30. The van der Waals surface area contributed by atoms with Crippen LogP contribution in [0.3, 0.4) is 0 Å². The van der Waals surface area contributed by atoms with Crippen molar-refractivity contribution in [1.82, 2.24) is 4.90 Å². The molecule has 0 saturated carbocycles. The van der Waals surface area contributed by atoms with Crippen molar-refractivity contribution >= 4 is 11.7 Å². The Morgan fingerprint density at radius 3 is 2.60 bits per heavy atom. The summed E-state index contributed by atoms with van der Waals surface area (Å²) in [5.41, 5.74) is 2.61. The number of para-hydroxylation sites is 1. The third-order valence-electron chi connectivity index (χ3n) is 3.77. The molecule has 0 heterocycles. The molecule has 0 aliphatic carbocycles. The summed E-state index contributed by atoms with van der Waals surface area (Å²) in [5.74, 6) is 0.728. The summed E-state index contributed by atoms with van der Waals surface area (Å²) in [7, 11) is 1.78. The largest absolute Gasteiger partial charge is 0.489 e. The lowest BCUT2D eigenvalue weighted by atomic mass is 10.1. The fourth-order valence-electron chi connectivity index (χ4n) is 2.37. The van der Waals surface area contributed by atoms with Crippen LogP contribution in [-0.2, 0) is 13.0 Å². The van der Waals surface area contributed by atoms with Gasteiger partial charge >= 0.3 is 6.03 Å². The van der Waals surface area contributed by atoms with E-state index in [4.69, 9.17) is 10.00 Å². The van der Waals surface area contributed by atoms with Crippen LogP contribution in [0.5, 0.6) is 5.75 Å². The lowest BCUT2D eigenvalue weighted by Crippen LogP contribution is -2.32. The summed E-state index contributed by atoms with van der Waals surface area (Å²) in [6.45, 7) is 3.10. The van der Waals surface area contributed by atoms with Crippen molar-refractivity contribution in [1.29, 1.82) is 5.26 Å². The van der Waals surface area contributed by atoms with E-state index in [2.05, 4.69) is 11.4 Å². The molecule has 2 amide bonds. The van der Waals surface area contributed by atoms with Gasteiger partial charge in [0.25, 0.3) is 0 Å². The van der Waals surface area contributed by atoms with Gasteiger partial charge in [-0.1, -0.05) is 37.3 Å². The molecule has 2 aromatic rings. The van der Waals surface area contributed by atoms with Gasteiger partial charge in [-0.3, -0.25) is 0 Å². The highest BCUT2D eigenvalue weighted by Gasteiger charge is 2.10. The highest BCUT2D eigenvalue weighted by atomic mass is 16.5. The molecule has 0 aliphatic rings. The fraction of sp³-hybridized carbons (Fsp3) is 0.300. The average molecular weight is 337 g/mol. The fourth-order valence-corrected chi connectivity index (χ4v) is 2.37. The van der Waals surface area contributed by atoms with Gasteiger partial charge in [-0.2, -0.15) is 5.26 Å². The normalized spacial score (nSPS) is 9.96. The highest BCUT2D eigenvalue weighted by molar-refractivity contribution is 5.89. The maximum atomic E-state index is 12.2. The molecule has 0 aliphatic heterocycles. The van der Waals surface area contributed by atoms with Gasteiger partial charge in [0.05, 0.1) is 12.5 Å². The molecular formula is C20H23N3O2. The number of carbonyl (C=O) groups excluding carboxylic acids is 1. The van der Waals surface area contributed by atoms with Gasteiger partial charge in [0, 0.05) is 24.8 Å². The van der Waals surface area contributed by atoms with E-state index in [-0.39, 0.29) is 6.03 Å². The molecule has 0 saturated heterocycles. The minimum atomic E-state index is -0.129. The summed E-state index contributed by atoms with van der Waals surface area (Å²) in [5, 5.41) is 11.6. The topological polar surface area (TPSA) is 65.4 Å². The predicted molar refractivity (Wildman–Crippen MR) is 98.5 cm³/mol. The Bertz CT molecular complexity index is 735. The van der Waals surface area contributed by atoms with Crippen molar-refractivity contribution in [2.24, 2.45) is 0 Å². The molecule has 2 rings (SSSR count). The molecule has 130 valence electrons. The standard InChI is InChI=1S/C20H23N3O2/c1-3-14-23(2)20(24)22-19-7-5-4-6-17(19)15-25-18-10-8-16(9-11-18)12-13-21/h4-11H,3,12,14-15H2,1-2H3,(H,22,24). The number of nitrogens with one attached hydrogen (secondary N) is 1. The highest BCUT2D eigenvalue weighted by Crippen LogP contribution is 2.19. The predicted octanol–water partition coefficient (Wildman–Crippen LogP) is 4.21. The zero-order valence-electron chi connectivity index (χ0n) is 14.7. The molecule has 0 fully saturated rings. The summed E-state index contributed by atoms with van der Waals surface area (Å²) >= 11 is 0. The summed E-state index contributed by atoms with van der Waals surface area (Å²) < 4.78 is 5.81. The molecule has 0 radical (unpaired) electrons. The first-order valence-corrected chi connectivity index (χ1v) is 8.32. The number of nitrogens with zero attached hydrogens (tertiary/aromatic N) is 2. The van der Waals surface area contributed by atoms with Crippen LogP contribution >= 0.6 is 0 Å². The van der Waals surface area contributed by atoms with Gasteiger partial charge in [-0.25, -0.2) is 4.79 Å². The molecule has 25 heavy (non-hydrogen) atoms. The zero-order chi connectivity index (χ0) is 18.1. The lowest BCUT2D eigenvalue weighted by molar-refractivity contribution is 0.222. The first-order valence-electron chi connectivity index (χ1n) is 8.32. The van der Waals surface area contributed by atoms with Gasteiger partial charge in [0.15, 0.2) is 0 Å². The second-order valence-corrected chi connectivity index (χ2v) is 5.78. The minimum Gasteiger partial charge on any atom is -0.489 e. The van der Waals surface area contributed by atoms with Gasteiger partial charge in [0.1, 0.15) is 12.4 Å². The number of ether oxygens (including phenoxy) is 1. The second kappa shape index (κ2) is 9.33. The van der Waals surface area contributed by atoms with E-state index in [0.717, 1.165) is 29.0 Å². The van der Waals surface area contributed by atoms with Crippen LogP contribution in [0.2, 0.25) is 0 Å². The Kier molecular flexibility index (Phi) is 6.85. The van der Waals surface area contributed by atoms with Crippen LogP contribution in [0.15, 0.2) is 48.5 Å². The van der Waals surface area contributed by atoms with Crippen molar-refractivity contribution in [2.45, 2.75) is 26.4 Å². The van der Waals surface area contributed by atoms with Gasteiger partial charge in [-0.15, -0.1) is 0 Å². The van der Waals surface area contributed by atoms with E-state index in [1.54, 1.807) is 11.9 Å². The van der Waals surface area contributed by atoms with Crippen LogP contribution in [0.25, 0.3) is 0 Å². The molecule has 5 nitrogen and oxygen atoms in total. The van der Waals surface area contributed by atoms with E-state index in [1.807, 2.05) is 55.5 Å². The van der Waals surface area contributed by atoms with E-state index in [1.165, 1.54) is 0 Å². The third kappa shape index (κ3) is 5.54. The third-order valence-corrected chi connectivity index (χ3v) is 3.77. The number of hydrogen-bond donors (Lipinski definition) is 1. The maximum absolute atomic E-state index is 12.2. The smallest absolute Gasteiger partial charge is 0.321 e. The molecule has 0 bridgehead atoms. The monoisotopic (exact) mass is 337 g/mol. The first kappa shape index (κ1) is 18.3. The van der Waals surface area contributed by atoms with Crippen molar-refractivity contribution in [3.8, 4) is 11.8 Å². The van der Waals surface area contributed by atoms with Crippen LogP contribution in [0, 0.1) is 11.3 Å². The molecular weight excluding hydrogens is 314 g/mol. The molecule has 0 spiro atoms. The van der Waals surface area contributed by atoms with Crippen molar-refractivity contribution in [3.05, 3.63) is 59.7 Å². The lowest BCUT2D eigenvalue weighted by Gasteiger charge is -2.18. The van der Waals surface area contributed by atoms with Crippen molar-refractivity contribution in [3.63, 3.8) is 0 Å². The molecule has 1 N–H and O–H groups in total. The van der Waals surface area contributed by atoms with Crippen LogP contribution in [-0.4, -0.2) is 24.5 Å². The number of benzene rings is 2. The Hall–Kier alpha value is -3.00. The molecule has 0 atom stereocenters. The maximum Gasteiger partial charge on any atom is 0.321 e. The van der Waals surface area contributed by atoms with Gasteiger partial charge in [0.2, 0.25) is 0 Å².